The summed E-state index contributed by atoms with van der Waals surface area (Å²) >= 11 is 4.66. The lowest BCUT2D eigenvalue weighted by molar-refractivity contribution is -0.137. The first-order valence-corrected chi connectivity index (χ1v) is 6.72. The fourth-order valence-electron chi connectivity index (χ4n) is 2.20. The van der Waals surface area contributed by atoms with Crippen LogP contribution in [0, 0.1) is 0 Å². The number of nitrogens with zero attached hydrogens (tertiary/aromatic N) is 1. The van der Waals surface area contributed by atoms with E-state index in [0.29, 0.717) is 25.2 Å². The number of nitrogens with one attached hydrogen (secondary N) is 1. The zero-order chi connectivity index (χ0) is 15.6. The van der Waals surface area contributed by atoms with Crippen molar-refractivity contribution >= 4 is 28.8 Å². The Hall–Kier alpha value is -1.83. The van der Waals surface area contributed by atoms with Gasteiger partial charge in [0.2, 0.25) is 5.91 Å². The Morgan fingerprint density at radius 1 is 1.38 bits per heavy atom. The van der Waals surface area contributed by atoms with Crippen LogP contribution in [0.15, 0.2) is 18.2 Å². The number of amides is 1. The normalized spacial score (nSPS) is 16.3. The molecule has 0 radical (unpaired) electrons. The molecule has 8 heteroatoms. The molecule has 0 atom stereocenters. The molecule has 0 bridgehead atoms. The SMILES string of the molecule is NC(=S)c1ccc(N2CCCNC(=O)C2)cc1C(F)(F)F. The van der Waals surface area contributed by atoms with Crippen LogP contribution in [-0.4, -0.2) is 30.5 Å². The maximum absolute atomic E-state index is 13.1. The van der Waals surface area contributed by atoms with E-state index in [1.807, 2.05) is 0 Å². The van der Waals surface area contributed by atoms with E-state index < -0.39 is 11.7 Å². The molecule has 1 aliphatic rings. The molecule has 1 aromatic rings. The second-order valence-electron chi connectivity index (χ2n) is 4.72. The van der Waals surface area contributed by atoms with Gasteiger partial charge >= 0.3 is 6.18 Å². The van der Waals surface area contributed by atoms with Gasteiger partial charge in [-0.25, -0.2) is 0 Å². The topological polar surface area (TPSA) is 58.4 Å². The van der Waals surface area contributed by atoms with Crippen molar-refractivity contribution in [1.82, 2.24) is 5.32 Å². The Morgan fingerprint density at radius 3 is 2.71 bits per heavy atom. The maximum Gasteiger partial charge on any atom is 0.417 e. The Labute approximate surface area is 125 Å². The molecule has 1 saturated heterocycles. The fourth-order valence-corrected chi connectivity index (χ4v) is 2.38. The third-order valence-corrected chi connectivity index (χ3v) is 3.42. The molecule has 0 aliphatic carbocycles. The van der Waals surface area contributed by atoms with Gasteiger partial charge in [-0.05, 0) is 24.6 Å². The van der Waals surface area contributed by atoms with Gasteiger partial charge in [0.25, 0.3) is 0 Å². The zero-order valence-electron chi connectivity index (χ0n) is 11.0. The van der Waals surface area contributed by atoms with Gasteiger partial charge in [-0.15, -0.1) is 0 Å². The number of anilines is 1. The number of carbonyl (C=O) groups excluding carboxylic acids is 1. The summed E-state index contributed by atoms with van der Waals surface area (Å²) in [6, 6.07) is 3.75. The molecular weight excluding hydrogens is 303 g/mol. The molecule has 0 unspecified atom stereocenters. The minimum Gasteiger partial charge on any atom is -0.389 e. The molecule has 0 saturated carbocycles. The lowest BCUT2D eigenvalue weighted by Gasteiger charge is -2.23. The lowest BCUT2D eigenvalue weighted by atomic mass is 10.1. The summed E-state index contributed by atoms with van der Waals surface area (Å²) in [6.07, 6.45) is -3.88. The highest BCUT2D eigenvalue weighted by Gasteiger charge is 2.34. The smallest absolute Gasteiger partial charge is 0.389 e. The van der Waals surface area contributed by atoms with E-state index in [4.69, 9.17) is 5.73 Å². The Balaban J connectivity index is 2.41. The van der Waals surface area contributed by atoms with Gasteiger partial charge in [0, 0.05) is 24.3 Å². The molecule has 2 rings (SSSR count). The second kappa shape index (κ2) is 5.88. The van der Waals surface area contributed by atoms with Crippen LogP contribution in [0.4, 0.5) is 18.9 Å². The highest BCUT2D eigenvalue weighted by molar-refractivity contribution is 7.80. The van der Waals surface area contributed by atoms with E-state index in [9.17, 15) is 18.0 Å². The number of nitrogens with two attached hydrogens (primary N) is 1. The molecule has 114 valence electrons. The van der Waals surface area contributed by atoms with Crippen LogP contribution in [-0.2, 0) is 11.0 Å². The average molecular weight is 317 g/mol. The minimum absolute atomic E-state index is 0.0315. The molecule has 1 fully saturated rings. The number of rotatable bonds is 2. The minimum atomic E-state index is -4.55. The van der Waals surface area contributed by atoms with E-state index in [2.05, 4.69) is 17.5 Å². The van der Waals surface area contributed by atoms with Crippen molar-refractivity contribution in [1.29, 1.82) is 0 Å². The van der Waals surface area contributed by atoms with Gasteiger partial charge < -0.3 is 16.0 Å². The van der Waals surface area contributed by atoms with E-state index in [0.717, 1.165) is 6.07 Å². The summed E-state index contributed by atoms with van der Waals surface area (Å²) in [5.74, 6) is -0.209. The number of halogens is 3. The number of thiocarbonyl (C=S) groups is 1. The van der Waals surface area contributed by atoms with E-state index >= 15 is 0 Å². The van der Waals surface area contributed by atoms with Gasteiger partial charge in [-0.2, -0.15) is 13.2 Å². The van der Waals surface area contributed by atoms with Gasteiger partial charge in [-0.1, -0.05) is 12.2 Å². The highest BCUT2D eigenvalue weighted by atomic mass is 32.1. The van der Waals surface area contributed by atoms with Crippen LogP contribution < -0.4 is 16.0 Å². The highest BCUT2D eigenvalue weighted by Crippen LogP contribution is 2.34. The predicted molar refractivity (Wildman–Crippen MR) is 77.2 cm³/mol. The predicted octanol–water partition coefficient (Wildman–Crippen LogP) is 1.67. The fraction of sp³-hybridized carbons (Fsp3) is 0.385. The molecule has 21 heavy (non-hydrogen) atoms. The Bertz CT molecular complexity index is 574. The Kier molecular flexibility index (Phi) is 4.36. The van der Waals surface area contributed by atoms with Crippen molar-refractivity contribution in [3.05, 3.63) is 29.3 Å². The third kappa shape index (κ3) is 3.63. The first-order valence-electron chi connectivity index (χ1n) is 6.32. The quantitative estimate of drug-likeness (QED) is 0.815. The van der Waals surface area contributed by atoms with Crippen LogP contribution in [0.25, 0.3) is 0 Å². The van der Waals surface area contributed by atoms with Crippen LogP contribution >= 0.6 is 12.2 Å². The van der Waals surface area contributed by atoms with Crippen molar-refractivity contribution in [2.45, 2.75) is 12.6 Å². The van der Waals surface area contributed by atoms with E-state index in [1.54, 1.807) is 4.90 Å². The second-order valence-corrected chi connectivity index (χ2v) is 5.16. The van der Waals surface area contributed by atoms with Crippen molar-refractivity contribution in [3.63, 3.8) is 0 Å². The van der Waals surface area contributed by atoms with Crippen LogP contribution in [0.3, 0.4) is 0 Å². The molecule has 4 nitrogen and oxygen atoms in total. The van der Waals surface area contributed by atoms with Crippen LogP contribution in [0.2, 0.25) is 0 Å². The largest absolute Gasteiger partial charge is 0.417 e. The number of hydrogen-bond acceptors (Lipinski definition) is 3. The van der Waals surface area contributed by atoms with Crippen LogP contribution in [0.5, 0.6) is 0 Å². The zero-order valence-corrected chi connectivity index (χ0v) is 11.9. The van der Waals surface area contributed by atoms with Gasteiger partial charge in [-0.3, -0.25) is 4.79 Å². The van der Waals surface area contributed by atoms with E-state index in [1.165, 1.54) is 12.1 Å². The summed E-state index contributed by atoms with van der Waals surface area (Å²) in [4.78, 5) is 12.8. The first-order chi connectivity index (χ1) is 9.79. The average Bonchev–Trinajstić information content (AvgIpc) is 2.61. The van der Waals surface area contributed by atoms with Crippen molar-refractivity contribution in [3.8, 4) is 0 Å². The lowest BCUT2D eigenvalue weighted by Crippen LogP contribution is -2.33. The standard InChI is InChI=1S/C13H14F3N3OS/c14-13(15,16)10-6-8(2-3-9(10)12(17)21)19-5-1-4-18-11(20)7-19/h2-3,6H,1,4-5,7H2,(H2,17,21)(H,18,20). The number of hydrogen-bond donors (Lipinski definition) is 2. The summed E-state index contributed by atoms with van der Waals surface area (Å²) in [7, 11) is 0. The van der Waals surface area contributed by atoms with Crippen molar-refractivity contribution < 1.29 is 18.0 Å². The van der Waals surface area contributed by atoms with Gasteiger partial charge in [0.1, 0.15) is 4.99 Å². The first kappa shape index (κ1) is 15.6. The molecule has 0 aromatic heterocycles. The molecule has 1 amide bonds. The number of carbonyl (C=O) groups is 1. The molecule has 1 heterocycles. The molecule has 3 N–H and O–H groups in total. The number of benzene rings is 1. The monoisotopic (exact) mass is 317 g/mol. The van der Waals surface area contributed by atoms with Gasteiger partial charge in [0.15, 0.2) is 0 Å². The van der Waals surface area contributed by atoms with Crippen LogP contribution in [0.1, 0.15) is 17.5 Å². The molecular formula is C13H14F3N3OS. The third-order valence-electron chi connectivity index (χ3n) is 3.20. The summed E-state index contributed by atoms with van der Waals surface area (Å²) < 4.78 is 39.3. The summed E-state index contributed by atoms with van der Waals surface area (Å²) in [5, 5.41) is 2.68. The Morgan fingerprint density at radius 2 is 2.10 bits per heavy atom. The van der Waals surface area contributed by atoms with E-state index in [-0.39, 0.29) is 23.0 Å². The van der Waals surface area contributed by atoms with Crippen molar-refractivity contribution in [2.75, 3.05) is 24.5 Å². The summed E-state index contributed by atoms with van der Waals surface area (Å²) in [5.41, 5.74) is 4.59. The van der Waals surface area contributed by atoms with Gasteiger partial charge in [0.05, 0.1) is 12.1 Å². The molecule has 0 spiro atoms. The maximum atomic E-state index is 13.1. The summed E-state index contributed by atoms with van der Waals surface area (Å²) in [6.45, 7) is 1.05. The number of alkyl halides is 3. The molecule has 1 aromatic carbocycles. The molecule has 1 aliphatic heterocycles. The van der Waals surface area contributed by atoms with Crippen molar-refractivity contribution in [2.24, 2.45) is 5.73 Å².